The van der Waals surface area contributed by atoms with E-state index in [1.54, 1.807) is 24.3 Å². The Kier molecular flexibility index (Phi) is 6.66. The Bertz CT molecular complexity index is 919. The zero-order chi connectivity index (χ0) is 18.8. The van der Waals surface area contributed by atoms with E-state index in [0.717, 1.165) is 5.69 Å². The molecule has 2 aromatic rings. The number of aliphatic imine (C=N–C) groups is 1. The predicted molar refractivity (Wildman–Crippen MR) is 107 cm³/mol. The van der Waals surface area contributed by atoms with E-state index >= 15 is 0 Å². The maximum Gasteiger partial charge on any atom is 0.207 e. The number of rotatable bonds is 7. The highest BCUT2D eigenvalue weighted by Crippen LogP contribution is 2.14. The van der Waals surface area contributed by atoms with Crippen molar-refractivity contribution < 1.29 is 4.79 Å². The molecule has 0 aliphatic heterocycles. The molecule has 2 aromatic carbocycles. The van der Waals surface area contributed by atoms with E-state index in [-0.39, 0.29) is 11.4 Å². The normalized spacial score (nSPS) is 11.4. The molecule has 0 unspecified atom stereocenters. The number of nitrogens with one attached hydrogen (secondary N) is 2. The molecular formula is C21H18N4O. The molecule has 5 heteroatoms. The number of terminal acetylenes is 1. The Morgan fingerprint density at radius 3 is 2.62 bits per heavy atom. The molecule has 0 aliphatic carbocycles. The Morgan fingerprint density at radius 1 is 1.15 bits per heavy atom. The summed E-state index contributed by atoms with van der Waals surface area (Å²) in [5.74, 6) is 2.01. The van der Waals surface area contributed by atoms with Gasteiger partial charge in [0.2, 0.25) is 5.78 Å². The van der Waals surface area contributed by atoms with Gasteiger partial charge >= 0.3 is 0 Å². The zero-order valence-corrected chi connectivity index (χ0v) is 14.0. The van der Waals surface area contributed by atoms with Crippen molar-refractivity contribution in [3.8, 4) is 12.3 Å². The number of para-hydroxylation sites is 1. The number of carbonyl (C=O) groups is 1. The van der Waals surface area contributed by atoms with E-state index in [1.807, 2.05) is 30.3 Å². The highest BCUT2D eigenvalue weighted by molar-refractivity contribution is 6.70. The molecule has 5 nitrogen and oxygen atoms in total. The van der Waals surface area contributed by atoms with Crippen LogP contribution in [0.4, 0.5) is 11.4 Å². The summed E-state index contributed by atoms with van der Waals surface area (Å²) in [7, 11) is 0. The highest BCUT2D eigenvalue weighted by atomic mass is 16.1. The molecule has 2 rings (SSSR count). The lowest BCUT2D eigenvalue weighted by Crippen LogP contribution is -2.20. The van der Waals surface area contributed by atoms with Crippen LogP contribution >= 0.6 is 0 Å². The van der Waals surface area contributed by atoms with Crippen molar-refractivity contribution in [2.45, 2.75) is 0 Å². The number of allylic oxidation sites excluding steroid dienone is 2. The number of ketones is 1. The quantitative estimate of drug-likeness (QED) is 0.409. The second-order valence-electron chi connectivity index (χ2n) is 5.13. The van der Waals surface area contributed by atoms with Crippen molar-refractivity contribution in [2.75, 3.05) is 5.32 Å². The second kappa shape index (κ2) is 9.40. The number of nitrogens with zero attached hydrogens (tertiary/aromatic N) is 1. The monoisotopic (exact) mass is 342 g/mol. The fourth-order valence-corrected chi connectivity index (χ4v) is 2.03. The molecule has 128 valence electrons. The van der Waals surface area contributed by atoms with Gasteiger partial charge in [-0.1, -0.05) is 30.2 Å². The Balaban J connectivity index is 2.15. The number of nitrogens with two attached hydrogens (primary N) is 1. The maximum absolute atomic E-state index is 12.2. The highest BCUT2D eigenvalue weighted by Gasteiger charge is 2.11. The van der Waals surface area contributed by atoms with Gasteiger partial charge in [0.15, 0.2) is 0 Å². The third-order valence-electron chi connectivity index (χ3n) is 3.28. The fraction of sp³-hybridized carbons (Fsp3) is 0. The number of benzene rings is 2. The van der Waals surface area contributed by atoms with Crippen LogP contribution in [0.3, 0.4) is 0 Å². The molecule has 4 N–H and O–H groups in total. The van der Waals surface area contributed by atoms with E-state index in [0.29, 0.717) is 11.3 Å². The average Bonchev–Trinajstić information content (AvgIpc) is 2.68. The van der Waals surface area contributed by atoms with E-state index in [9.17, 15) is 4.79 Å². The summed E-state index contributed by atoms with van der Waals surface area (Å²) in [5, 5.41) is 11.0. The molecule has 0 bridgehead atoms. The van der Waals surface area contributed by atoms with Crippen molar-refractivity contribution >= 4 is 28.6 Å². The van der Waals surface area contributed by atoms with Crippen LogP contribution in [-0.2, 0) is 4.79 Å². The van der Waals surface area contributed by atoms with Gasteiger partial charge in [0.1, 0.15) is 5.71 Å². The van der Waals surface area contributed by atoms with Gasteiger partial charge in [-0.2, -0.15) is 0 Å². The first-order chi connectivity index (χ1) is 12.6. The Labute approximate surface area is 152 Å². The number of hydrogen-bond donors (Lipinski definition) is 3. The van der Waals surface area contributed by atoms with Gasteiger partial charge in [-0.15, -0.1) is 6.42 Å². The van der Waals surface area contributed by atoms with Gasteiger partial charge < -0.3 is 11.1 Å². The van der Waals surface area contributed by atoms with Crippen molar-refractivity contribution in [1.29, 1.82) is 5.41 Å². The molecule has 0 saturated carbocycles. The first-order valence-corrected chi connectivity index (χ1v) is 7.79. The van der Waals surface area contributed by atoms with Crippen LogP contribution in [0.5, 0.6) is 0 Å². The minimum Gasteiger partial charge on any atom is -0.405 e. The predicted octanol–water partition coefficient (Wildman–Crippen LogP) is 3.43. The van der Waals surface area contributed by atoms with Crippen LogP contribution in [0.2, 0.25) is 0 Å². The Hall–Kier alpha value is -3.91. The van der Waals surface area contributed by atoms with Crippen LogP contribution < -0.4 is 11.1 Å². The van der Waals surface area contributed by atoms with Gasteiger partial charge in [0, 0.05) is 23.5 Å². The van der Waals surface area contributed by atoms with E-state index in [4.69, 9.17) is 17.6 Å². The van der Waals surface area contributed by atoms with E-state index < -0.39 is 5.78 Å². The van der Waals surface area contributed by atoms with Crippen LogP contribution in [0.15, 0.2) is 84.1 Å². The molecule has 0 radical (unpaired) electrons. The van der Waals surface area contributed by atoms with Gasteiger partial charge in [0.05, 0.1) is 11.4 Å². The average molecular weight is 342 g/mol. The first kappa shape index (κ1) is 18.4. The summed E-state index contributed by atoms with van der Waals surface area (Å²) in [5.41, 5.74) is 7.33. The minimum atomic E-state index is -0.501. The third kappa shape index (κ3) is 5.32. The molecule has 0 atom stereocenters. The largest absolute Gasteiger partial charge is 0.405 e. The molecule has 0 amide bonds. The van der Waals surface area contributed by atoms with Crippen molar-refractivity contribution in [3.63, 3.8) is 0 Å². The van der Waals surface area contributed by atoms with Crippen molar-refractivity contribution in [3.05, 3.63) is 84.7 Å². The topological polar surface area (TPSA) is 91.3 Å². The van der Waals surface area contributed by atoms with Crippen molar-refractivity contribution in [1.82, 2.24) is 0 Å². The molecule has 0 saturated heterocycles. The van der Waals surface area contributed by atoms with Gasteiger partial charge in [-0.25, -0.2) is 4.99 Å². The summed E-state index contributed by atoms with van der Waals surface area (Å²) < 4.78 is 0. The number of hydrogen-bond acceptors (Lipinski definition) is 5. The smallest absolute Gasteiger partial charge is 0.207 e. The second-order valence-corrected chi connectivity index (χ2v) is 5.13. The summed E-state index contributed by atoms with van der Waals surface area (Å²) in [6.45, 7) is 0. The molecule has 26 heavy (non-hydrogen) atoms. The van der Waals surface area contributed by atoms with Crippen LogP contribution in [0.25, 0.3) is 0 Å². The van der Waals surface area contributed by atoms with Crippen molar-refractivity contribution in [2.24, 2.45) is 10.7 Å². The van der Waals surface area contributed by atoms with Crippen LogP contribution in [-0.4, -0.2) is 17.2 Å². The van der Waals surface area contributed by atoms with Crippen LogP contribution in [0, 0.1) is 17.8 Å². The minimum absolute atomic E-state index is 0.149. The van der Waals surface area contributed by atoms with Gasteiger partial charge in [0.25, 0.3) is 0 Å². The standard InChI is InChI=1S/C21H18N4O/c1-2-16-7-6-10-18(15-16)25-19(11-13-22)21(23)20(26)12-14-24-17-8-4-3-5-9-17/h1,3-15,23-24H,22H2/b13-11?,14-12-,23-21?,25-19?. The Morgan fingerprint density at radius 2 is 1.92 bits per heavy atom. The lowest BCUT2D eigenvalue weighted by atomic mass is 10.1. The molecule has 0 aliphatic rings. The molecule has 0 spiro atoms. The maximum atomic E-state index is 12.2. The lowest BCUT2D eigenvalue weighted by molar-refractivity contribution is -0.108. The van der Waals surface area contributed by atoms with Gasteiger partial charge in [-0.3, -0.25) is 10.2 Å². The summed E-state index contributed by atoms with van der Waals surface area (Å²) >= 11 is 0. The molecule has 0 fully saturated rings. The summed E-state index contributed by atoms with van der Waals surface area (Å²) in [6, 6.07) is 16.3. The van der Waals surface area contributed by atoms with E-state index in [2.05, 4.69) is 16.2 Å². The number of anilines is 1. The molecular weight excluding hydrogens is 324 g/mol. The SMILES string of the molecule is C#Cc1cccc(N=C(C=CN)C(=N)C(=O)/C=C\Nc2ccccc2)c1. The molecule has 0 aromatic heterocycles. The summed E-state index contributed by atoms with van der Waals surface area (Å²) in [4.78, 5) is 16.5. The zero-order valence-electron chi connectivity index (χ0n) is 14.0. The van der Waals surface area contributed by atoms with Crippen LogP contribution in [0.1, 0.15) is 5.56 Å². The first-order valence-electron chi connectivity index (χ1n) is 7.79. The number of carbonyl (C=O) groups excluding carboxylic acids is 1. The lowest BCUT2D eigenvalue weighted by Gasteiger charge is -2.03. The fourth-order valence-electron chi connectivity index (χ4n) is 2.03. The third-order valence-corrected chi connectivity index (χ3v) is 3.28. The van der Waals surface area contributed by atoms with E-state index in [1.165, 1.54) is 24.6 Å². The van der Waals surface area contributed by atoms with Gasteiger partial charge in [-0.05, 0) is 42.6 Å². The molecule has 0 heterocycles. The summed E-state index contributed by atoms with van der Waals surface area (Å²) in [6.07, 6.45) is 10.8.